The monoisotopic (exact) mass is 219 g/mol. The lowest BCUT2D eigenvalue weighted by Gasteiger charge is -2.18. The summed E-state index contributed by atoms with van der Waals surface area (Å²) in [6, 6.07) is 6.46. The van der Waals surface area contributed by atoms with Crippen molar-refractivity contribution in [3.63, 3.8) is 0 Å². The Morgan fingerprint density at radius 2 is 2.31 bits per heavy atom. The van der Waals surface area contributed by atoms with E-state index in [-0.39, 0.29) is 0 Å². The third-order valence-electron chi connectivity index (χ3n) is 3.23. The second kappa shape index (κ2) is 5.41. The molecule has 3 nitrogen and oxygen atoms in total. The van der Waals surface area contributed by atoms with Crippen molar-refractivity contribution in [1.82, 2.24) is 9.88 Å². The molecule has 0 amide bonds. The molecule has 1 atom stereocenters. The Kier molecular flexibility index (Phi) is 3.91. The van der Waals surface area contributed by atoms with E-state index in [9.17, 15) is 0 Å². The van der Waals surface area contributed by atoms with Gasteiger partial charge >= 0.3 is 0 Å². The molecule has 0 aliphatic heterocycles. The fourth-order valence-corrected chi connectivity index (χ4v) is 1.98. The predicted octanol–water partition coefficient (Wildman–Crippen LogP) is 1.64. The minimum Gasteiger partial charge on any atom is -0.327 e. The molecule has 1 fully saturated rings. The number of hydrogen-bond acceptors (Lipinski definition) is 3. The standard InChI is InChI=1S/C13H21N3/c1-16(9-7-13(14)11-5-6-11)10-12-4-2-3-8-15-12/h2-4,8,11,13H,5-7,9-10,14H2,1H3. The van der Waals surface area contributed by atoms with Gasteiger partial charge in [0, 0.05) is 18.8 Å². The van der Waals surface area contributed by atoms with Crippen molar-refractivity contribution in [3.05, 3.63) is 30.1 Å². The normalized spacial score (nSPS) is 17.7. The van der Waals surface area contributed by atoms with E-state index in [1.807, 2.05) is 18.3 Å². The summed E-state index contributed by atoms with van der Waals surface area (Å²) in [5.41, 5.74) is 7.21. The van der Waals surface area contributed by atoms with Crippen LogP contribution in [-0.2, 0) is 6.54 Å². The molecule has 1 unspecified atom stereocenters. The summed E-state index contributed by atoms with van der Waals surface area (Å²) in [6.07, 6.45) is 5.63. The van der Waals surface area contributed by atoms with E-state index < -0.39 is 0 Å². The minimum atomic E-state index is 0.409. The maximum Gasteiger partial charge on any atom is 0.0543 e. The van der Waals surface area contributed by atoms with Crippen LogP contribution in [0.15, 0.2) is 24.4 Å². The smallest absolute Gasteiger partial charge is 0.0543 e. The van der Waals surface area contributed by atoms with E-state index in [1.165, 1.54) is 12.8 Å². The van der Waals surface area contributed by atoms with Gasteiger partial charge in [0.15, 0.2) is 0 Å². The van der Waals surface area contributed by atoms with Crippen molar-refractivity contribution >= 4 is 0 Å². The second-order valence-corrected chi connectivity index (χ2v) is 4.85. The Morgan fingerprint density at radius 3 is 2.94 bits per heavy atom. The topological polar surface area (TPSA) is 42.1 Å². The Balaban J connectivity index is 1.69. The third kappa shape index (κ3) is 3.58. The van der Waals surface area contributed by atoms with E-state index in [2.05, 4.69) is 23.0 Å². The average Bonchev–Trinajstić information content (AvgIpc) is 3.11. The van der Waals surface area contributed by atoms with Crippen LogP contribution in [0.4, 0.5) is 0 Å². The molecule has 1 heterocycles. The molecule has 2 N–H and O–H groups in total. The second-order valence-electron chi connectivity index (χ2n) is 4.85. The van der Waals surface area contributed by atoms with Crippen LogP contribution in [0.1, 0.15) is 25.0 Å². The van der Waals surface area contributed by atoms with Crippen LogP contribution >= 0.6 is 0 Å². The largest absolute Gasteiger partial charge is 0.327 e. The third-order valence-corrected chi connectivity index (χ3v) is 3.23. The fourth-order valence-electron chi connectivity index (χ4n) is 1.98. The van der Waals surface area contributed by atoms with Crippen LogP contribution in [0.25, 0.3) is 0 Å². The lowest BCUT2D eigenvalue weighted by Crippen LogP contribution is -2.29. The molecule has 2 rings (SSSR count). The van der Waals surface area contributed by atoms with E-state index >= 15 is 0 Å². The maximum atomic E-state index is 6.08. The Bertz CT molecular complexity index is 308. The van der Waals surface area contributed by atoms with Gasteiger partial charge in [0.2, 0.25) is 0 Å². The molecule has 0 saturated heterocycles. The lowest BCUT2D eigenvalue weighted by molar-refractivity contribution is 0.302. The van der Waals surface area contributed by atoms with Crippen LogP contribution in [-0.4, -0.2) is 29.5 Å². The molecule has 1 aromatic rings. The number of nitrogens with two attached hydrogens (primary N) is 1. The highest BCUT2D eigenvalue weighted by Gasteiger charge is 2.28. The molecule has 88 valence electrons. The Morgan fingerprint density at radius 1 is 1.50 bits per heavy atom. The molecule has 1 aliphatic carbocycles. The zero-order valence-electron chi connectivity index (χ0n) is 9.97. The fraction of sp³-hybridized carbons (Fsp3) is 0.615. The predicted molar refractivity (Wildman–Crippen MR) is 65.9 cm³/mol. The van der Waals surface area contributed by atoms with Crippen LogP contribution in [0.3, 0.4) is 0 Å². The van der Waals surface area contributed by atoms with Crippen molar-refractivity contribution in [3.8, 4) is 0 Å². The van der Waals surface area contributed by atoms with Crippen molar-refractivity contribution < 1.29 is 0 Å². The van der Waals surface area contributed by atoms with Gasteiger partial charge < -0.3 is 10.6 Å². The zero-order valence-corrected chi connectivity index (χ0v) is 9.97. The van der Waals surface area contributed by atoms with Gasteiger partial charge in [-0.15, -0.1) is 0 Å². The van der Waals surface area contributed by atoms with E-state index in [1.54, 1.807) is 0 Å². The van der Waals surface area contributed by atoms with Crippen molar-refractivity contribution in [2.45, 2.75) is 31.8 Å². The number of rotatable bonds is 6. The highest BCUT2D eigenvalue weighted by molar-refractivity contribution is 5.03. The molecule has 3 heteroatoms. The first-order valence-corrected chi connectivity index (χ1v) is 6.10. The zero-order chi connectivity index (χ0) is 11.4. The van der Waals surface area contributed by atoms with Gasteiger partial charge in [-0.2, -0.15) is 0 Å². The number of hydrogen-bond donors (Lipinski definition) is 1. The van der Waals surface area contributed by atoms with Gasteiger partial charge in [0.25, 0.3) is 0 Å². The highest BCUT2D eigenvalue weighted by Crippen LogP contribution is 2.32. The molecule has 1 aromatic heterocycles. The summed E-state index contributed by atoms with van der Waals surface area (Å²) < 4.78 is 0. The molecule has 0 radical (unpaired) electrons. The van der Waals surface area contributed by atoms with E-state index in [4.69, 9.17) is 5.73 Å². The first-order chi connectivity index (χ1) is 7.75. The average molecular weight is 219 g/mol. The lowest BCUT2D eigenvalue weighted by atomic mass is 10.1. The molecule has 0 bridgehead atoms. The summed E-state index contributed by atoms with van der Waals surface area (Å²) in [6.45, 7) is 1.98. The van der Waals surface area contributed by atoms with Crippen LogP contribution < -0.4 is 5.73 Å². The molecule has 0 aromatic carbocycles. The molecular formula is C13H21N3. The minimum absolute atomic E-state index is 0.409. The van der Waals surface area contributed by atoms with Crippen molar-refractivity contribution in [2.75, 3.05) is 13.6 Å². The summed E-state index contributed by atoms with van der Waals surface area (Å²) in [4.78, 5) is 6.62. The van der Waals surface area contributed by atoms with Gasteiger partial charge in [-0.1, -0.05) is 6.07 Å². The van der Waals surface area contributed by atoms with Crippen LogP contribution in [0.2, 0.25) is 0 Å². The number of aromatic nitrogens is 1. The van der Waals surface area contributed by atoms with Gasteiger partial charge in [-0.3, -0.25) is 4.98 Å². The van der Waals surface area contributed by atoms with Gasteiger partial charge in [-0.25, -0.2) is 0 Å². The summed E-state index contributed by atoms with van der Waals surface area (Å²) >= 11 is 0. The van der Waals surface area contributed by atoms with E-state index in [0.29, 0.717) is 6.04 Å². The van der Waals surface area contributed by atoms with Crippen LogP contribution in [0.5, 0.6) is 0 Å². The highest BCUT2D eigenvalue weighted by atomic mass is 15.1. The van der Waals surface area contributed by atoms with Gasteiger partial charge in [-0.05, 0) is 50.9 Å². The molecule has 0 spiro atoms. The summed E-state index contributed by atoms with van der Waals surface area (Å²) in [7, 11) is 2.13. The molecular weight excluding hydrogens is 198 g/mol. The molecule has 1 aliphatic rings. The van der Waals surface area contributed by atoms with Crippen molar-refractivity contribution in [1.29, 1.82) is 0 Å². The summed E-state index contributed by atoms with van der Waals surface area (Å²) in [5.74, 6) is 0.809. The first kappa shape index (κ1) is 11.6. The summed E-state index contributed by atoms with van der Waals surface area (Å²) in [5, 5.41) is 0. The van der Waals surface area contributed by atoms with Gasteiger partial charge in [0.05, 0.1) is 5.69 Å². The van der Waals surface area contributed by atoms with Crippen molar-refractivity contribution in [2.24, 2.45) is 11.7 Å². The quantitative estimate of drug-likeness (QED) is 0.791. The van der Waals surface area contributed by atoms with Gasteiger partial charge in [0.1, 0.15) is 0 Å². The van der Waals surface area contributed by atoms with E-state index in [0.717, 1.165) is 31.1 Å². The SMILES string of the molecule is CN(CCC(N)C1CC1)Cc1ccccn1. The number of nitrogens with zero attached hydrogens (tertiary/aromatic N) is 2. The Hall–Kier alpha value is -0.930. The van der Waals surface area contributed by atoms with Crippen LogP contribution in [0, 0.1) is 5.92 Å². The first-order valence-electron chi connectivity index (χ1n) is 6.10. The number of pyridine rings is 1. The maximum absolute atomic E-state index is 6.08. The Labute approximate surface area is 97.7 Å². The molecule has 1 saturated carbocycles. The molecule has 16 heavy (non-hydrogen) atoms.